The maximum atomic E-state index is 12.0. The second kappa shape index (κ2) is 5.22. The predicted octanol–water partition coefficient (Wildman–Crippen LogP) is 1.80. The topological polar surface area (TPSA) is 59.8 Å². The maximum absolute atomic E-state index is 12.0. The molecule has 0 fully saturated rings. The molecular weight excluding hydrogens is 240 g/mol. The molecule has 1 aliphatic carbocycles. The first-order chi connectivity index (χ1) is 9.33. The Morgan fingerprint density at radius 1 is 1.32 bits per heavy atom. The number of aromatic nitrogens is 3. The number of fused-ring (bicyclic) bond motifs is 1. The van der Waals surface area contributed by atoms with Gasteiger partial charge in [0.1, 0.15) is 19.2 Å². The van der Waals surface area contributed by atoms with E-state index in [9.17, 15) is 4.79 Å². The van der Waals surface area contributed by atoms with Crippen LogP contribution in [0.1, 0.15) is 24.0 Å². The number of rotatable bonds is 3. The molecule has 1 heterocycles. The third-order valence-corrected chi connectivity index (χ3v) is 3.44. The molecule has 0 atom stereocenters. The Kier molecular flexibility index (Phi) is 3.27. The van der Waals surface area contributed by atoms with Crippen LogP contribution in [0.3, 0.4) is 0 Å². The third kappa shape index (κ3) is 2.65. The second-order valence-electron chi connectivity index (χ2n) is 4.79. The van der Waals surface area contributed by atoms with Crippen LogP contribution in [0.2, 0.25) is 0 Å². The van der Waals surface area contributed by atoms with E-state index in [0.29, 0.717) is 0 Å². The number of aryl methyl sites for hydroxylation is 1. The zero-order chi connectivity index (χ0) is 13.1. The van der Waals surface area contributed by atoms with Crippen molar-refractivity contribution in [3.8, 4) is 0 Å². The van der Waals surface area contributed by atoms with Crippen molar-refractivity contribution in [3.05, 3.63) is 42.0 Å². The van der Waals surface area contributed by atoms with Crippen molar-refractivity contribution in [2.75, 3.05) is 5.32 Å². The molecule has 1 amide bonds. The minimum absolute atomic E-state index is 0.0653. The summed E-state index contributed by atoms with van der Waals surface area (Å²) in [6, 6.07) is 6.14. The molecule has 1 aromatic heterocycles. The van der Waals surface area contributed by atoms with E-state index in [0.717, 1.165) is 18.5 Å². The molecule has 0 saturated heterocycles. The molecule has 5 nitrogen and oxygen atoms in total. The SMILES string of the molecule is O=C(Cn1cncn1)Nc1cccc2c1CCCC2. The first-order valence-corrected chi connectivity index (χ1v) is 6.56. The smallest absolute Gasteiger partial charge is 0.246 e. The van der Waals surface area contributed by atoms with E-state index in [1.807, 2.05) is 12.1 Å². The highest BCUT2D eigenvalue weighted by Crippen LogP contribution is 2.27. The summed E-state index contributed by atoms with van der Waals surface area (Å²) in [5.41, 5.74) is 3.60. The number of carbonyl (C=O) groups excluding carboxylic acids is 1. The first-order valence-electron chi connectivity index (χ1n) is 6.56. The van der Waals surface area contributed by atoms with Crippen LogP contribution in [0, 0.1) is 0 Å². The lowest BCUT2D eigenvalue weighted by Crippen LogP contribution is -2.20. The van der Waals surface area contributed by atoms with Gasteiger partial charge in [-0.05, 0) is 42.9 Å². The number of nitrogens with zero attached hydrogens (tertiary/aromatic N) is 3. The highest BCUT2D eigenvalue weighted by molar-refractivity contribution is 5.91. The highest BCUT2D eigenvalue weighted by Gasteiger charge is 2.14. The van der Waals surface area contributed by atoms with Crippen molar-refractivity contribution in [1.29, 1.82) is 0 Å². The average molecular weight is 256 g/mol. The quantitative estimate of drug-likeness (QED) is 0.910. The molecular formula is C14H16N4O. The van der Waals surface area contributed by atoms with Gasteiger partial charge in [0.25, 0.3) is 0 Å². The summed E-state index contributed by atoms with van der Waals surface area (Å²) in [6.07, 6.45) is 7.57. The van der Waals surface area contributed by atoms with Crippen LogP contribution in [0.4, 0.5) is 5.69 Å². The van der Waals surface area contributed by atoms with Gasteiger partial charge in [-0.2, -0.15) is 5.10 Å². The predicted molar refractivity (Wildman–Crippen MR) is 71.7 cm³/mol. The Morgan fingerprint density at radius 2 is 2.21 bits per heavy atom. The molecule has 0 unspecified atom stereocenters. The number of nitrogens with one attached hydrogen (secondary N) is 1. The number of amides is 1. The van der Waals surface area contributed by atoms with Crippen molar-refractivity contribution in [2.45, 2.75) is 32.2 Å². The van der Waals surface area contributed by atoms with Crippen molar-refractivity contribution >= 4 is 11.6 Å². The van der Waals surface area contributed by atoms with E-state index in [4.69, 9.17) is 0 Å². The molecule has 1 N–H and O–H groups in total. The Labute approximate surface area is 111 Å². The lowest BCUT2D eigenvalue weighted by atomic mass is 9.90. The first kappa shape index (κ1) is 11.9. The zero-order valence-electron chi connectivity index (χ0n) is 10.7. The summed E-state index contributed by atoms with van der Waals surface area (Å²) in [4.78, 5) is 15.8. The van der Waals surface area contributed by atoms with Crippen LogP contribution >= 0.6 is 0 Å². The number of hydrogen-bond donors (Lipinski definition) is 1. The van der Waals surface area contributed by atoms with Gasteiger partial charge in [0, 0.05) is 5.69 Å². The van der Waals surface area contributed by atoms with E-state index < -0.39 is 0 Å². The van der Waals surface area contributed by atoms with Crippen LogP contribution in [0.15, 0.2) is 30.9 Å². The number of carbonyl (C=O) groups is 1. The molecule has 0 radical (unpaired) electrons. The summed E-state index contributed by atoms with van der Waals surface area (Å²) in [7, 11) is 0. The summed E-state index contributed by atoms with van der Waals surface area (Å²) >= 11 is 0. The van der Waals surface area contributed by atoms with Gasteiger partial charge in [-0.3, -0.25) is 4.79 Å². The third-order valence-electron chi connectivity index (χ3n) is 3.44. The molecule has 2 aromatic rings. The van der Waals surface area contributed by atoms with Crippen molar-refractivity contribution in [1.82, 2.24) is 14.8 Å². The molecule has 0 spiro atoms. The minimum Gasteiger partial charge on any atom is -0.324 e. The molecule has 0 saturated carbocycles. The van der Waals surface area contributed by atoms with Gasteiger partial charge < -0.3 is 5.32 Å². The van der Waals surface area contributed by atoms with E-state index >= 15 is 0 Å². The maximum Gasteiger partial charge on any atom is 0.246 e. The largest absolute Gasteiger partial charge is 0.324 e. The number of hydrogen-bond acceptors (Lipinski definition) is 3. The molecule has 0 aliphatic heterocycles. The van der Waals surface area contributed by atoms with Gasteiger partial charge in [-0.15, -0.1) is 0 Å². The van der Waals surface area contributed by atoms with Gasteiger partial charge in [0.2, 0.25) is 5.91 Å². The van der Waals surface area contributed by atoms with Gasteiger partial charge in [-0.25, -0.2) is 9.67 Å². The Hall–Kier alpha value is -2.17. The van der Waals surface area contributed by atoms with E-state index in [2.05, 4.69) is 21.5 Å². The van der Waals surface area contributed by atoms with E-state index in [1.165, 1.54) is 35.0 Å². The molecule has 98 valence electrons. The fourth-order valence-electron chi connectivity index (χ4n) is 2.55. The lowest BCUT2D eigenvalue weighted by molar-refractivity contribution is -0.116. The van der Waals surface area contributed by atoms with Crippen molar-refractivity contribution in [2.24, 2.45) is 0 Å². The second-order valence-corrected chi connectivity index (χ2v) is 4.79. The van der Waals surface area contributed by atoms with Crippen molar-refractivity contribution in [3.63, 3.8) is 0 Å². The van der Waals surface area contributed by atoms with Gasteiger partial charge in [0.05, 0.1) is 0 Å². The summed E-state index contributed by atoms with van der Waals surface area (Å²) in [6.45, 7) is 0.198. The molecule has 5 heteroatoms. The van der Waals surface area contributed by atoms with Crippen LogP contribution in [-0.2, 0) is 24.2 Å². The Bertz CT molecular complexity index is 577. The van der Waals surface area contributed by atoms with Gasteiger partial charge in [-0.1, -0.05) is 12.1 Å². The molecule has 3 rings (SSSR count). The molecule has 19 heavy (non-hydrogen) atoms. The summed E-state index contributed by atoms with van der Waals surface area (Å²) < 4.78 is 1.52. The fourth-order valence-corrected chi connectivity index (χ4v) is 2.55. The Balaban J connectivity index is 1.74. The average Bonchev–Trinajstić information content (AvgIpc) is 2.92. The van der Waals surface area contributed by atoms with Crippen molar-refractivity contribution < 1.29 is 4.79 Å². The standard InChI is InChI=1S/C14H16N4O/c19-14(8-18-10-15-9-16-18)17-13-7-3-5-11-4-1-2-6-12(11)13/h3,5,7,9-10H,1-2,4,6,8H2,(H,17,19). The summed E-state index contributed by atoms with van der Waals surface area (Å²) in [5, 5.41) is 6.91. The van der Waals surface area contributed by atoms with Crippen LogP contribution in [0.5, 0.6) is 0 Å². The molecule has 0 bridgehead atoms. The van der Waals surface area contributed by atoms with Gasteiger partial charge >= 0.3 is 0 Å². The van der Waals surface area contributed by atoms with E-state index in [1.54, 1.807) is 6.33 Å². The molecule has 1 aromatic carbocycles. The molecule has 1 aliphatic rings. The van der Waals surface area contributed by atoms with Crippen LogP contribution in [0.25, 0.3) is 0 Å². The normalized spacial score (nSPS) is 13.9. The van der Waals surface area contributed by atoms with Gasteiger partial charge in [0.15, 0.2) is 0 Å². The number of anilines is 1. The van der Waals surface area contributed by atoms with Crippen LogP contribution in [-0.4, -0.2) is 20.7 Å². The lowest BCUT2D eigenvalue weighted by Gasteiger charge is -2.19. The summed E-state index contributed by atoms with van der Waals surface area (Å²) in [5.74, 6) is -0.0653. The zero-order valence-corrected chi connectivity index (χ0v) is 10.7. The Morgan fingerprint density at radius 3 is 3.05 bits per heavy atom. The highest BCUT2D eigenvalue weighted by atomic mass is 16.2. The van der Waals surface area contributed by atoms with Crippen LogP contribution < -0.4 is 5.32 Å². The fraction of sp³-hybridized carbons (Fsp3) is 0.357. The number of benzene rings is 1. The monoisotopic (exact) mass is 256 g/mol. The minimum atomic E-state index is -0.0653. The van der Waals surface area contributed by atoms with E-state index in [-0.39, 0.29) is 12.5 Å².